The van der Waals surface area contributed by atoms with Gasteiger partial charge in [0.05, 0.1) is 12.1 Å². The van der Waals surface area contributed by atoms with Gasteiger partial charge in [-0.2, -0.15) is 0 Å². The van der Waals surface area contributed by atoms with Crippen molar-refractivity contribution in [1.29, 1.82) is 0 Å². The molecule has 2 rings (SSSR count). The van der Waals surface area contributed by atoms with Crippen LogP contribution in [0.15, 0.2) is 30.3 Å². The fourth-order valence-electron chi connectivity index (χ4n) is 3.20. The van der Waals surface area contributed by atoms with E-state index >= 15 is 0 Å². The fourth-order valence-corrected chi connectivity index (χ4v) is 3.20. The lowest BCUT2D eigenvalue weighted by Crippen LogP contribution is -2.56. The molecule has 0 radical (unpaired) electrons. The summed E-state index contributed by atoms with van der Waals surface area (Å²) in [5, 5.41) is 10.8. The molecule has 0 spiro atoms. The summed E-state index contributed by atoms with van der Waals surface area (Å²) < 4.78 is 5.64. The Balaban J connectivity index is 2.04. The van der Waals surface area contributed by atoms with Gasteiger partial charge in [0.1, 0.15) is 5.60 Å². The number of ether oxygens (including phenoxy) is 1. The third-order valence-corrected chi connectivity index (χ3v) is 5.15. The van der Waals surface area contributed by atoms with Crippen LogP contribution in [0.25, 0.3) is 0 Å². The van der Waals surface area contributed by atoms with Gasteiger partial charge >= 0.3 is 6.09 Å². The molecule has 1 aromatic carbocycles. The van der Waals surface area contributed by atoms with E-state index in [1.54, 1.807) is 4.90 Å². The molecule has 1 aliphatic rings. The second-order valence-electron chi connectivity index (χ2n) is 7.58. The summed E-state index contributed by atoms with van der Waals surface area (Å²) in [6, 6.07) is 9.19. The minimum Gasteiger partial charge on any atom is -0.443 e. The number of amides is 1. The summed E-state index contributed by atoms with van der Waals surface area (Å²) >= 11 is 0. The Morgan fingerprint density at radius 2 is 2.04 bits per heavy atom. The zero-order chi connectivity index (χ0) is 18.4. The van der Waals surface area contributed by atoms with Gasteiger partial charge in [-0.25, -0.2) is 4.79 Å². The lowest BCUT2D eigenvalue weighted by atomic mass is 9.91. The molecule has 5 nitrogen and oxygen atoms in total. The molecular formula is C20H32N2O3. The van der Waals surface area contributed by atoms with E-state index in [0.717, 1.165) is 31.2 Å². The van der Waals surface area contributed by atoms with Crippen LogP contribution in [0, 0.1) is 0 Å². The highest BCUT2D eigenvalue weighted by atomic mass is 16.6. The van der Waals surface area contributed by atoms with Gasteiger partial charge in [-0.1, -0.05) is 37.3 Å². The molecule has 1 fully saturated rings. The number of aliphatic hydroxyl groups excluding tert-OH is 1. The van der Waals surface area contributed by atoms with Crippen LogP contribution < -0.4 is 5.73 Å². The predicted molar refractivity (Wildman–Crippen MR) is 99.3 cm³/mol. The molecule has 140 valence electrons. The predicted octanol–water partition coefficient (Wildman–Crippen LogP) is 3.10. The highest BCUT2D eigenvalue weighted by molar-refractivity contribution is 5.68. The lowest BCUT2D eigenvalue weighted by Gasteiger charge is -2.41. The van der Waals surface area contributed by atoms with Crippen molar-refractivity contribution in [2.75, 3.05) is 6.54 Å². The van der Waals surface area contributed by atoms with E-state index in [1.807, 2.05) is 51.1 Å². The Kier molecular flexibility index (Phi) is 6.85. The zero-order valence-corrected chi connectivity index (χ0v) is 15.6. The van der Waals surface area contributed by atoms with E-state index in [1.165, 1.54) is 0 Å². The SMILES string of the molecule is CCC(C)(C)OC(=O)N1CCCC[C@@H]1[C@@H](O)[C@@H](N)Cc1ccccc1. The minimum absolute atomic E-state index is 0.285. The van der Waals surface area contributed by atoms with Gasteiger partial charge in [0, 0.05) is 12.6 Å². The number of hydrogen-bond donors (Lipinski definition) is 2. The van der Waals surface area contributed by atoms with Crippen LogP contribution in [0.4, 0.5) is 4.79 Å². The smallest absolute Gasteiger partial charge is 0.410 e. The largest absolute Gasteiger partial charge is 0.443 e. The number of rotatable bonds is 6. The fraction of sp³-hybridized carbons (Fsp3) is 0.650. The standard InChI is InChI=1S/C20H32N2O3/c1-4-20(2,3)25-19(24)22-13-9-8-12-17(22)18(23)16(21)14-15-10-6-5-7-11-15/h5-7,10-11,16-18,23H,4,8-9,12-14,21H2,1-3H3/t16-,17+,18-/m0/s1. The Labute approximate surface area is 151 Å². The highest BCUT2D eigenvalue weighted by Crippen LogP contribution is 2.25. The number of benzene rings is 1. The molecule has 1 heterocycles. The molecule has 3 atom stereocenters. The number of nitrogens with zero attached hydrogens (tertiary/aromatic N) is 1. The Hall–Kier alpha value is -1.59. The van der Waals surface area contributed by atoms with Gasteiger partial charge in [-0.05, 0) is 51.5 Å². The normalized spacial score (nSPS) is 20.8. The van der Waals surface area contributed by atoms with Crippen molar-refractivity contribution in [1.82, 2.24) is 4.90 Å². The molecule has 1 saturated heterocycles. The third-order valence-electron chi connectivity index (χ3n) is 5.15. The van der Waals surface area contributed by atoms with E-state index < -0.39 is 17.7 Å². The van der Waals surface area contributed by atoms with E-state index in [4.69, 9.17) is 10.5 Å². The zero-order valence-electron chi connectivity index (χ0n) is 15.6. The molecule has 1 amide bonds. The van der Waals surface area contributed by atoms with Crippen LogP contribution in [-0.4, -0.2) is 46.4 Å². The average Bonchev–Trinajstić information content (AvgIpc) is 2.61. The van der Waals surface area contributed by atoms with Crippen molar-refractivity contribution in [2.24, 2.45) is 5.73 Å². The van der Waals surface area contributed by atoms with Crippen LogP contribution in [0.2, 0.25) is 0 Å². The number of carbonyl (C=O) groups is 1. The summed E-state index contributed by atoms with van der Waals surface area (Å²) in [5.74, 6) is 0. The number of likely N-dealkylation sites (tertiary alicyclic amines) is 1. The number of nitrogens with two attached hydrogens (primary N) is 1. The van der Waals surface area contributed by atoms with Crippen LogP contribution in [0.5, 0.6) is 0 Å². The topological polar surface area (TPSA) is 75.8 Å². The van der Waals surface area contributed by atoms with Crippen LogP contribution in [0.1, 0.15) is 52.0 Å². The van der Waals surface area contributed by atoms with E-state index in [-0.39, 0.29) is 12.1 Å². The number of aliphatic hydroxyl groups is 1. The van der Waals surface area contributed by atoms with Crippen LogP contribution in [-0.2, 0) is 11.2 Å². The second-order valence-corrected chi connectivity index (χ2v) is 7.58. The summed E-state index contributed by atoms with van der Waals surface area (Å²) in [6.45, 7) is 6.41. The molecule has 1 aliphatic heterocycles. The number of piperidine rings is 1. The second kappa shape index (κ2) is 8.68. The maximum absolute atomic E-state index is 12.6. The monoisotopic (exact) mass is 348 g/mol. The first kappa shape index (κ1) is 19.7. The van der Waals surface area contributed by atoms with Gasteiger partial charge in [-0.3, -0.25) is 0 Å². The first-order valence-electron chi connectivity index (χ1n) is 9.31. The number of hydrogen-bond acceptors (Lipinski definition) is 4. The summed E-state index contributed by atoms with van der Waals surface area (Å²) in [5.41, 5.74) is 6.85. The van der Waals surface area contributed by atoms with Crippen molar-refractivity contribution < 1.29 is 14.6 Å². The third kappa shape index (κ3) is 5.44. The molecule has 0 aromatic heterocycles. The molecular weight excluding hydrogens is 316 g/mol. The van der Waals surface area contributed by atoms with Crippen molar-refractivity contribution in [3.63, 3.8) is 0 Å². The first-order chi connectivity index (χ1) is 11.8. The van der Waals surface area contributed by atoms with Gasteiger partial charge in [0.25, 0.3) is 0 Å². The summed E-state index contributed by atoms with van der Waals surface area (Å²) in [4.78, 5) is 14.3. The van der Waals surface area contributed by atoms with Crippen molar-refractivity contribution in [2.45, 2.75) is 76.7 Å². The molecule has 3 N–H and O–H groups in total. The van der Waals surface area contributed by atoms with Crippen molar-refractivity contribution in [3.05, 3.63) is 35.9 Å². The van der Waals surface area contributed by atoms with Gasteiger partial charge < -0.3 is 20.5 Å². The van der Waals surface area contributed by atoms with Crippen molar-refractivity contribution in [3.8, 4) is 0 Å². The molecule has 25 heavy (non-hydrogen) atoms. The Bertz CT molecular complexity index is 547. The van der Waals surface area contributed by atoms with E-state index in [0.29, 0.717) is 13.0 Å². The maximum Gasteiger partial charge on any atom is 0.410 e. The number of carbonyl (C=O) groups excluding carboxylic acids is 1. The minimum atomic E-state index is -0.766. The van der Waals surface area contributed by atoms with E-state index in [2.05, 4.69) is 0 Å². The summed E-state index contributed by atoms with van der Waals surface area (Å²) in [6.07, 6.45) is 2.89. The van der Waals surface area contributed by atoms with Gasteiger partial charge in [-0.15, -0.1) is 0 Å². The Morgan fingerprint density at radius 1 is 1.36 bits per heavy atom. The summed E-state index contributed by atoms with van der Waals surface area (Å²) in [7, 11) is 0. The Morgan fingerprint density at radius 3 is 2.68 bits per heavy atom. The molecule has 0 aliphatic carbocycles. The molecule has 0 unspecified atom stereocenters. The lowest BCUT2D eigenvalue weighted by molar-refractivity contribution is -0.0283. The van der Waals surface area contributed by atoms with Crippen LogP contribution in [0.3, 0.4) is 0 Å². The quantitative estimate of drug-likeness (QED) is 0.828. The maximum atomic E-state index is 12.6. The molecule has 0 saturated carbocycles. The molecule has 0 bridgehead atoms. The highest BCUT2D eigenvalue weighted by Gasteiger charge is 2.37. The first-order valence-corrected chi connectivity index (χ1v) is 9.31. The van der Waals surface area contributed by atoms with Crippen LogP contribution >= 0.6 is 0 Å². The van der Waals surface area contributed by atoms with Crippen molar-refractivity contribution >= 4 is 6.09 Å². The molecule has 5 heteroatoms. The van der Waals surface area contributed by atoms with Gasteiger partial charge in [0.2, 0.25) is 0 Å². The van der Waals surface area contributed by atoms with E-state index in [9.17, 15) is 9.90 Å². The molecule has 1 aromatic rings. The van der Waals surface area contributed by atoms with Gasteiger partial charge in [0.15, 0.2) is 0 Å². The average molecular weight is 348 g/mol.